The van der Waals surface area contributed by atoms with E-state index in [2.05, 4.69) is 17.6 Å². The van der Waals surface area contributed by atoms with Crippen LogP contribution in [-0.2, 0) is 20.8 Å². The molecule has 2 N–H and O–H groups in total. The summed E-state index contributed by atoms with van der Waals surface area (Å²) in [4.78, 5) is 38.9. The van der Waals surface area contributed by atoms with E-state index >= 15 is 0 Å². The summed E-state index contributed by atoms with van der Waals surface area (Å²) < 4.78 is 0. The van der Waals surface area contributed by atoms with Crippen LogP contribution in [0.5, 0.6) is 0 Å². The molecule has 27 heavy (non-hydrogen) atoms. The first kappa shape index (κ1) is 19.4. The third-order valence-corrected chi connectivity index (χ3v) is 5.43. The van der Waals surface area contributed by atoms with Crippen molar-refractivity contribution >= 4 is 17.7 Å². The summed E-state index contributed by atoms with van der Waals surface area (Å²) in [5.74, 6) is 0.375. The number of nitrogens with one attached hydrogen (secondary N) is 2. The van der Waals surface area contributed by atoms with Gasteiger partial charge < -0.3 is 15.5 Å². The Labute approximate surface area is 160 Å². The SMILES string of the molecule is C[C@@H]1C[C@H]1C(=O)NCCC(=O)N[C@@H](Cc1ccccc1)C(=O)N1CCCC1. The minimum absolute atomic E-state index is 0.0134. The largest absolute Gasteiger partial charge is 0.355 e. The topological polar surface area (TPSA) is 78.5 Å². The van der Waals surface area contributed by atoms with Gasteiger partial charge in [-0.3, -0.25) is 14.4 Å². The molecule has 146 valence electrons. The molecule has 2 fully saturated rings. The van der Waals surface area contributed by atoms with Gasteiger partial charge in [0.1, 0.15) is 6.04 Å². The molecule has 1 aliphatic heterocycles. The van der Waals surface area contributed by atoms with E-state index in [9.17, 15) is 14.4 Å². The minimum Gasteiger partial charge on any atom is -0.355 e. The van der Waals surface area contributed by atoms with Crippen LogP contribution in [0.3, 0.4) is 0 Å². The number of rotatable bonds is 8. The molecule has 0 unspecified atom stereocenters. The molecule has 0 radical (unpaired) electrons. The van der Waals surface area contributed by atoms with Gasteiger partial charge in [-0.2, -0.15) is 0 Å². The number of carbonyl (C=O) groups excluding carboxylic acids is 3. The van der Waals surface area contributed by atoms with E-state index in [1.807, 2.05) is 35.2 Å². The molecule has 3 rings (SSSR count). The zero-order valence-corrected chi connectivity index (χ0v) is 15.9. The molecule has 1 aliphatic carbocycles. The lowest BCUT2D eigenvalue weighted by Gasteiger charge is -2.24. The summed E-state index contributed by atoms with van der Waals surface area (Å²) >= 11 is 0. The normalized spacial score (nSPS) is 22.2. The maximum atomic E-state index is 12.8. The molecule has 0 spiro atoms. The molecule has 6 heteroatoms. The van der Waals surface area contributed by atoms with Crippen molar-refractivity contribution in [2.75, 3.05) is 19.6 Å². The van der Waals surface area contributed by atoms with Crippen LogP contribution < -0.4 is 10.6 Å². The lowest BCUT2D eigenvalue weighted by molar-refractivity contribution is -0.135. The quantitative estimate of drug-likeness (QED) is 0.727. The fourth-order valence-corrected chi connectivity index (χ4v) is 3.59. The first-order valence-electron chi connectivity index (χ1n) is 9.94. The second kappa shape index (κ2) is 9.02. The lowest BCUT2D eigenvalue weighted by Crippen LogP contribution is -2.49. The van der Waals surface area contributed by atoms with Gasteiger partial charge in [0, 0.05) is 38.4 Å². The first-order chi connectivity index (χ1) is 13.0. The van der Waals surface area contributed by atoms with Crippen LogP contribution in [0.2, 0.25) is 0 Å². The van der Waals surface area contributed by atoms with Gasteiger partial charge in [-0.05, 0) is 30.7 Å². The summed E-state index contributed by atoms with van der Waals surface area (Å²) in [5.41, 5.74) is 1.02. The Morgan fingerprint density at radius 3 is 2.44 bits per heavy atom. The third-order valence-electron chi connectivity index (χ3n) is 5.43. The van der Waals surface area contributed by atoms with Gasteiger partial charge in [0.15, 0.2) is 0 Å². The Kier molecular flexibility index (Phi) is 6.48. The van der Waals surface area contributed by atoms with E-state index in [1.54, 1.807) is 0 Å². The smallest absolute Gasteiger partial charge is 0.245 e. The minimum atomic E-state index is -0.558. The lowest BCUT2D eigenvalue weighted by atomic mass is 10.0. The number of hydrogen-bond donors (Lipinski definition) is 2. The van der Waals surface area contributed by atoms with Gasteiger partial charge in [0.25, 0.3) is 0 Å². The number of hydrogen-bond acceptors (Lipinski definition) is 3. The summed E-state index contributed by atoms with van der Waals surface area (Å²) in [7, 11) is 0. The molecular formula is C21H29N3O3. The van der Waals surface area contributed by atoms with E-state index in [4.69, 9.17) is 0 Å². The Bertz CT molecular complexity index is 671. The highest BCUT2D eigenvalue weighted by atomic mass is 16.2. The zero-order chi connectivity index (χ0) is 19.2. The van der Waals surface area contributed by atoms with Crippen LogP contribution in [0.1, 0.15) is 38.2 Å². The molecule has 1 saturated carbocycles. The highest BCUT2D eigenvalue weighted by Crippen LogP contribution is 2.37. The highest BCUT2D eigenvalue weighted by Gasteiger charge is 2.38. The van der Waals surface area contributed by atoms with Crippen LogP contribution in [-0.4, -0.2) is 48.3 Å². The number of amides is 3. The molecule has 3 amide bonds. The van der Waals surface area contributed by atoms with Gasteiger partial charge in [-0.25, -0.2) is 0 Å². The first-order valence-corrected chi connectivity index (χ1v) is 9.94. The third kappa shape index (κ3) is 5.55. The predicted molar refractivity (Wildman–Crippen MR) is 103 cm³/mol. The monoisotopic (exact) mass is 371 g/mol. The van der Waals surface area contributed by atoms with E-state index in [-0.39, 0.29) is 30.1 Å². The molecule has 6 nitrogen and oxygen atoms in total. The summed E-state index contributed by atoms with van der Waals surface area (Å²) in [6, 6.07) is 9.17. The maximum Gasteiger partial charge on any atom is 0.245 e. The highest BCUT2D eigenvalue weighted by molar-refractivity contribution is 5.88. The Balaban J connectivity index is 1.52. The summed E-state index contributed by atoms with van der Waals surface area (Å²) in [6.07, 6.45) is 3.63. The number of likely N-dealkylation sites (tertiary alicyclic amines) is 1. The summed E-state index contributed by atoms with van der Waals surface area (Å²) in [5, 5.41) is 5.71. The van der Waals surface area contributed by atoms with Gasteiger partial charge in [0.05, 0.1) is 0 Å². The van der Waals surface area contributed by atoms with E-state index in [0.717, 1.165) is 37.9 Å². The average molecular weight is 371 g/mol. The zero-order valence-electron chi connectivity index (χ0n) is 15.9. The van der Waals surface area contributed by atoms with Crippen LogP contribution in [0.15, 0.2) is 30.3 Å². The Hall–Kier alpha value is -2.37. The van der Waals surface area contributed by atoms with Crippen LogP contribution in [0, 0.1) is 11.8 Å². The van der Waals surface area contributed by atoms with E-state index in [0.29, 0.717) is 18.9 Å². The van der Waals surface area contributed by atoms with Crippen molar-refractivity contribution in [3.63, 3.8) is 0 Å². The van der Waals surface area contributed by atoms with Crippen molar-refractivity contribution in [2.24, 2.45) is 11.8 Å². The fourth-order valence-electron chi connectivity index (χ4n) is 3.59. The number of carbonyl (C=O) groups is 3. The maximum absolute atomic E-state index is 12.8. The molecule has 1 heterocycles. The fraction of sp³-hybridized carbons (Fsp3) is 0.571. The molecule has 2 aliphatic rings. The van der Waals surface area contributed by atoms with Crippen molar-refractivity contribution in [1.82, 2.24) is 15.5 Å². The molecule has 3 atom stereocenters. The van der Waals surface area contributed by atoms with Crippen LogP contribution >= 0.6 is 0 Å². The van der Waals surface area contributed by atoms with Crippen molar-refractivity contribution in [3.05, 3.63) is 35.9 Å². The molecule has 1 saturated heterocycles. The Morgan fingerprint density at radius 1 is 1.15 bits per heavy atom. The standard InChI is InChI=1S/C21H29N3O3/c1-15-13-17(15)20(26)22-10-9-19(25)23-18(14-16-7-3-2-4-8-16)21(27)24-11-5-6-12-24/h2-4,7-8,15,17-18H,5-6,9-14H2,1H3,(H,22,26)(H,23,25)/t15-,17-,18+/m1/s1. The van der Waals surface area contributed by atoms with Crippen LogP contribution in [0.4, 0.5) is 0 Å². The molecule has 1 aromatic rings. The average Bonchev–Trinajstić information content (AvgIpc) is 3.16. The molecule has 0 bridgehead atoms. The predicted octanol–water partition coefficient (Wildman–Crippen LogP) is 1.50. The van der Waals surface area contributed by atoms with Crippen molar-refractivity contribution in [2.45, 2.75) is 45.1 Å². The van der Waals surface area contributed by atoms with E-state index < -0.39 is 6.04 Å². The number of nitrogens with zero attached hydrogens (tertiary/aromatic N) is 1. The Morgan fingerprint density at radius 2 is 1.81 bits per heavy atom. The van der Waals surface area contributed by atoms with E-state index in [1.165, 1.54) is 0 Å². The second-order valence-corrected chi connectivity index (χ2v) is 7.70. The van der Waals surface area contributed by atoms with Gasteiger partial charge in [-0.1, -0.05) is 37.3 Å². The van der Waals surface area contributed by atoms with Gasteiger partial charge in [0.2, 0.25) is 17.7 Å². The second-order valence-electron chi connectivity index (χ2n) is 7.70. The van der Waals surface area contributed by atoms with Gasteiger partial charge in [-0.15, -0.1) is 0 Å². The van der Waals surface area contributed by atoms with Crippen LogP contribution in [0.25, 0.3) is 0 Å². The molecule has 0 aromatic heterocycles. The summed E-state index contributed by atoms with van der Waals surface area (Å²) in [6.45, 7) is 3.88. The molecule has 1 aromatic carbocycles. The van der Waals surface area contributed by atoms with Gasteiger partial charge >= 0.3 is 0 Å². The molecular weight excluding hydrogens is 342 g/mol. The number of benzene rings is 1. The van der Waals surface area contributed by atoms with Crippen molar-refractivity contribution in [1.29, 1.82) is 0 Å². The van der Waals surface area contributed by atoms with Crippen molar-refractivity contribution < 1.29 is 14.4 Å². The van der Waals surface area contributed by atoms with Crippen molar-refractivity contribution in [3.8, 4) is 0 Å².